The van der Waals surface area contributed by atoms with Gasteiger partial charge in [0, 0.05) is 49.0 Å². The van der Waals surface area contributed by atoms with Crippen LogP contribution in [0.5, 0.6) is 11.5 Å². The zero-order valence-corrected chi connectivity index (χ0v) is 20.1. The summed E-state index contributed by atoms with van der Waals surface area (Å²) < 4.78 is 16.4. The first kappa shape index (κ1) is 23.4. The van der Waals surface area contributed by atoms with Crippen LogP contribution in [-0.4, -0.2) is 68.9 Å². The fourth-order valence-corrected chi connectivity index (χ4v) is 4.80. The number of carbonyl (C=O) groups excluding carboxylic acids is 1. The highest BCUT2D eigenvalue weighted by Crippen LogP contribution is 2.33. The molecule has 5 rings (SSSR count). The molecular formula is C27H32N4O4. The predicted octanol–water partition coefficient (Wildman–Crippen LogP) is 3.88. The average Bonchev–Trinajstić information content (AvgIpc) is 2.88. The summed E-state index contributed by atoms with van der Waals surface area (Å²) in [6.45, 7) is 4.44. The highest BCUT2D eigenvalue weighted by Gasteiger charge is 2.25. The molecule has 0 spiro atoms. The Hall–Kier alpha value is -3.36. The van der Waals surface area contributed by atoms with E-state index in [2.05, 4.69) is 39.8 Å². The summed E-state index contributed by atoms with van der Waals surface area (Å²) in [6, 6.07) is 16.0. The van der Waals surface area contributed by atoms with Gasteiger partial charge in [-0.1, -0.05) is 24.3 Å². The van der Waals surface area contributed by atoms with Crippen molar-refractivity contribution >= 4 is 28.2 Å². The van der Waals surface area contributed by atoms with E-state index in [1.165, 1.54) is 5.39 Å². The molecule has 3 heterocycles. The van der Waals surface area contributed by atoms with E-state index in [1.54, 1.807) is 7.11 Å². The van der Waals surface area contributed by atoms with E-state index in [1.807, 2.05) is 24.3 Å². The van der Waals surface area contributed by atoms with Gasteiger partial charge in [-0.05, 0) is 43.0 Å². The molecule has 8 heteroatoms. The second-order valence-electron chi connectivity index (χ2n) is 9.02. The van der Waals surface area contributed by atoms with Crippen LogP contribution in [0.2, 0.25) is 0 Å². The molecule has 0 saturated carbocycles. The van der Waals surface area contributed by atoms with Gasteiger partial charge in [0.15, 0.2) is 11.5 Å². The Labute approximate surface area is 205 Å². The fourth-order valence-electron chi connectivity index (χ4n) is 4.80. The number of carbonyl (C=O) groups is 1. The zero-order valence-electron chi connectivity index (χ0n) is 20.1. The van der Waals surface area contributed by atoms with Crippen LogP contribution < -0.4 is 20.1 Å². The van der Waals surface area contributed by atoms with Crippen LogP contribution in [0.4, 0.5) is 11.5 Å². The molecule has 2 aromatic carbocycles. The predicted molar refractivity (Wildman–Crippen MR) is 137 cm³/mol. The number of fused-ring (bicyclic) bond motifs is 2. The molecule has 1 amide bonds. The van der Waals surface area contributed by atoms with Crippen molar-refractivity contribution < 1.29 is 19.0 Å². The van der Waals surface area contributed by atoms with Crippen LogP contribution in [0, 0.1) is 0 Å². The summed E-state index contributed by atoms with van der Waals surface area (Å²) in [4.78, 5) is 20.0. The molecule has 0 unspecified atom stereocenters. The number of pyridine rings is 1. The van der Waals surface area contributed by atoms with Gasteiger partial charge < -0.3 is 24.8 Å². The number of piperidine rings is 1. The van der Waals surface area contributed by atoms with Crippen molar-refractivity contribution in [3.05, 3.63) is 54.2 Å². The van der Waals surface area contributed by atoms with Crippen LogP contribution in [-0.2, 0) is 9.53 Å². The summed E-state index contributed by atoms with van der Waals surface area (Å²) in [5.41, 5.74) is 1.79. The molecule has 0 aliphatic carbocycles. The quantitative estimate of drug-likeness (QED) is 0.477. The number of likely N-dealkylation sites (tertiary alicyclic amines) is 1. The van der Waals surface area contributed by atoms with Crippen molar-refractivity contribution in [3.63, 3.8) is 0 Å². The van der Waals surface area contributed by atoms with Gasteiger partial charge in [-0.3, -0.25) is 9.69 Å². The molecule has 8 nitrogen and oxygen atoms in total. The standard InChI is InChI=1S/C27H32N4O4/c1-33-12-10-28-27-22-7-3-2-5-19(22)15-23(30-27)20-6-4-11-31(17-20)18-26(32)29-21-8-9-24-25(16-21)35-14-13-34-24/h2-3,5,7-9,15-16,20H,4,6,10-14,17-18H2,1H3,(H,28,30)(H,29,32)/t20-/m0/s1. The lowest BCUT2D eigenvalue weighted by Gasteiger charge is -2.32. The average molecular weight is 477 g/mol. The number of hydrogen-bond donors (Lipinski definition) is 2. The maximum atomic E-state index is 12.8. The van der Waals surface area contributed by atoms with Crippen molar-refractivity contribution in [1.82, 2.24) is 9.88 Å². The first-order chi connectivity index (χ1) is 17.2. The van der Waals surface area contributed by atoms with Crippen LogP contribution in [0.1, 0.15) is 24.5 Å². The van der Waals surface area contributed by atoms with E-state index in [4.69, 9.17) is 19.2 Å². The van der Waals surface area contributed by atoms with Crippen molar-refractivity contribution in [2.45, 2.75) is 18.8 Å². The summed E-state index contributed by atoms with van der Waals surface area (Å²) in [6.07, 6.45) is 2.09. The summed E-state index contributed by atoms with van der Waals surface area (Å²) >= 11 is 0. The molecule has 35 heavy (non-hydrogen) atoms. The molecule has 1 aromatic heterocycles. The van der Waals surface area contributed by atoms with Gasteiger partial charge >= 0.3 is 0 Å². The van der Waals surface area contributed by atoms with Gasteiger partial charge in [-0.15, -0.1) is 0 Å². The van der Waals surface area contributed by atoms with Crippen molar-refractivity contribution in [1.29, 1.82) is 0 Å². The van der Waals surface area contributed by atoms with E-state index < -0.39 is 0 Å². The number of nitrogens with one attached hydrogen (secondary N) is 2. The number of methoxy groups -OCH3 is 1. The molecule has 1 atom stereocenters. The van der Waals surface area contributed by atoms with Crippen molar-refractivity contribution in [2.75, 3.05) is 63.7 Å². The lowest BCUT2D eigenvalue weighted by atomic mass is 9.93. The number of nitrogens with zero attached hydrogens (tertiary/aromatic N) is 2. The van der Waals surface area contributed by atoms with Crippen molar-refractivity contribution in [3.8, 4) is 11.5 Å². The van der Waals surface area contributed by atoms with Gasteiger partial charge in [0.25, 0.3) is 0 Å². The van der Waals surface area contributed by atoms with Gasteiger partial charge in [0.1, 0.15) is 19.0 Å². The molecule has 1 fully saturated rings. The SMILES string of the molecule is COCCNc1nc([C@H]2CCCN(CC(=O)Nc3ccc4c(c3)OCCO4)C2)cc2ccccc12. The molecule has 2 N–H and O–H groups in total. The Morgan fingerprint density at radius 2 is 2.00 bits per heavy atom. The monoisotopic (exact) mass is 476 g/mol. The largest absolute Gasteiger partial charge is 0.486 e. The number of ether oxygens (including phenoxy) is 3. The maximum Gasteiger partial charge on any atom is 0.238 e. The van der Waals surface area contributed by atoms with E-state index in [-0.39, 0.29) is 11.8 Å². The van der Waals surface area contributed by atoms with Gasteiger partial charge in [0.05, 0.1) is 13.2 Å². The highest BCUT2D eigenvalue weighted by atomic mass is 16.6. The Balaban J connectivity index is 1.25. The number of amides is 1. The zero-order chi connectivity index (χ0) is 24.0. The lowest BCUT2D eigenvalue weighted by molar-refractivity contribution is -0.117. The maximum absolute atomic E-state index is 12.8. The Morgan fingerprint density at radius 3 is 2.89 bits per heavy atom. The third kappa shape index (κ3) is 5.66. The van der Waals surface area contributed by atoms with E-state index >= 15 is 0 Å². The van der Waals surface area contributed by atoms with Crippen molar-refractivity contribution in [2.24, 2.45) is 0 Å². The van der Waals surface area contributed by atoms with Crippen LogP contribution in [0.15, 0.2) is 48.5 Å². The number of rotatable bonds is 8. The summed E-state index contributed by atoms with van der Waals surface area (Å²) in [7, 11) is 1.70. The number of anilines is 2. The molecule has 1 saturated heterocycles. The minimum absolute atomic E-state index is 0.0317. The van der Waals surface area contributed by atoms with E-state index in [0.717, 1.165) is 48.5 Å². The Morgan fingerprint density at radius 1 is 1.14 bits per heavy atom. The molecule has 0 radical (unpaired) electrons. The van der Waals surface area contributed by atoms with E-state index in [0.29, 0.717) is 44.4 Å². The van der Waals surface area contributed by atoms with Crippen LogP contribution >= 0.6 is 0 Å². The third-order valence-electron chi connectivity index (χ3n) is 6.48. The third-order valence-corrected chi connectivity index (χ3v) is 6.48. The summed E-state index contributed by atoms with van der Waals surface area (Å²) in [5.74, 6) is 2.52. The van der Waals surface area contributed by atoms with Crippen LogP contribution in [0.25, 0.3) is 10.8 Å². The number of hydrogen-bond acceptors (Lipinski definition) is 7. The minimum Gasteiger partial charge on any atom is -0.486 e. The normalized spacial score (nSPS) is 17.8. The topological polar surface area (TPSA) is 85.0 Å². The number of benzene rings is 2. The van der Waals surface area contributed by atoms with Gasteiger partial charge in [-0.25, -0.2) is 4.98 Å². The molecule has 0 bridgehead atoms. The molecule has 3 aromatic rings. The van der Waals surface area contributed by atoms with Gasteiger partial charge in [-0.2, -0.15) is 0 Å². The molecule has 2 aliphatic heterocycles. The first-order valence-electron chi connectivity index (χ1n) is 12.2. The molecular weight excluding hydrogens is 444 g/mol. The lowest BCUT2D eigenvalue weighted by Crippen LogP contribution is -2.40. The molecule has 184 valence electrons. The highest BCUT2D eigenvalue weighted by molar-refractivity contribution is 5.93. The van der Waals surface area contributed by atoms with Crippen LogP contribution in [0.3, 0.4) is 0 Å². The Kier molecular flexibility index (Phi) is 7.30. The number of aromatic nitrogens is 1. The first-order valence-corrected chi connectivity index (χ1v) is 12.2. The summed E-state index contributed by atoms with van der Waals surface area (Å²) in [5, 5.41) is 8.71. The molecule has 2 aliphatic rings. The van der Waals surface area contributed by atoms with Gasteiger partial charge in [0.2, 0.25) is 5.91 Å². The second kappa shape index (κ2) is 10.9. The Bertz CT molecular complexity index is 1190. The minimum atomic E-state index is -0.0317. The second-order valence-corrected chi connectivity index (χ2v) is 9.02. The smallest absolute Gasteiger partial charge is 0.238 e. The van der Waals surface area contributed by atoms with E-state index in [9.17, 15) is 4.79 Å². The fraction of sp³-hybridized carbons (Fsp3) is 0.407.